The fraction of sp³-hybridized carbons (Fsp3) is 0.450. The predicted molar refractivity (Wildman–Crippen MR) is 102 cm³/mol. The number of benzene rings is 1. The van der Waals surface area contributed by atoms with Crippen molar-refractivity contribution >= 4 is 5.69 Å². The summed E-state index contributed by atoms with van der Waals surface area (Å²) in [4.78, 5) is 2.38. The number of methoxy groups -OCH3 is 2. The molecule has 1 aromatic heterocycles. The van der Waals surface area contributed by atoms with Gasteiger partial charge < -0.3 is 24.3 Å². The van der Waals surface area contributed by atoms with Gasteiger partial charge in [-0.3, -0.25) is 0 Å². The van der Waals surface area contributed by atoms with Gasteiger partial charge in [0.05, 0.1) is 14.2 Å². The monoisotopic (exact) mass is 354 g/mol. The van der Waals surface area contributed by atoms with Crippen molar-refractivity contribution in [1.29, 1.82) is 5.26 Å². The van der Waals surface area contributed by atoms with E-state index >= 15 is 0 Å². The highest BCUT2D eigenvalue weighted by Crippen LogP contribution is 2.31. The highest BCUT2D eigenvalue weighted by Gasteiger charge is 2.23. The molecule has 6 heteroatoms. The Kier molecular flexibility index (Phi) is 5.69. The molecule has 0 bridgehead atoms. The molecule has 0 saturated carbocycles. The third kappa shape index (κ3) is 4.12. The third-order valence-corrected chi connectivity index (χ3v) is 4.93. The van der Waals surface area contributed by atoms with Crippen LogP contribution in [0.2, 0.25) is 0 Å². The maximum atomic E-state index is 9.03. The zero-order chi connectivity index (χ0) is 18.5. The molecule has 0 aliphatic carbocycles. The SMILES string of the molecule is COc1cc(OC)cc(N2CCC(CNCc3cc(C#N)n(C)c3)C2)c1. The molecule has 1 aromatic carbocycles. The van der Waals surface area contributed by atoms with Crippen LogP contribution in [0.5, 0.6) is 11.5 Å². The van der Waals surface area contributed by atoms with Gasteiger partial charge in [-0.25, -0.2) is 0 Å². The molecule has 1 N–H and O–H groups in total. The lowest BCUT2D eigenvalue weighted by molar-refractivity contribution is 0.394. The van der Waals surface area contributed by atoms with Crippen LogP contribution in [0.25, 0.3) is 0 Å². The number of aromatic nitrogens is 1. The smallest absolute Gasteiger partial charge is 0.124 e. The molecule has 0 spiro atoms. The molecular formula is C20H26N4O2. The largest absolute Gasteiger partial charge is 0.497 e. The highest BCUT2D eigenvalue weighted by molar-refractivity contribution is 5.56. The van der Waals surface area contributed by atoms with Crippen LogP contribution < -0.4 is 19.7 Å². The Morgan fingerprint density at radius 1 is 1.19 bits per heavy atom. The van der Waals surface area contributed by atoms with Gasteiger partial charge in [0.1, 0.15) is 23.3 Å². The first-order valence-electron chi connectivity index (χ1n) is 8.87. The van der Waals surface area contributed by atoms with Crippen molar-refractivity contribution in [2.24, 2.45) is 13.0 Å². The first-order chi connectivity index (χ1) is 12.6. The quantitative estimate of drug-likeness (QED) is 0.828. The molecule has 2 aromatic rings. The lowest BCUT2D eigenvalue weighted by Crippen LogP contribution is -2.26. The first kappa shape index (κ1) is 18.2. The average Bonchev–Trinajstić information content (AvgIpc) is 3.27. The minimum Gasteiger partial charge on any atom is -0.497 e. The highest BCUT2D eigenvalue weighted by atomic mass is 16.5. The number of ether oxygens (including phenoxy) is 2. The van der Waals surface area contributed by atoms with Crippen LogP contribution in [-0.2, 0) is 13.6 Å². The van der Waals surface area contributed by atoms with E-state index in [-0.39, 0.29) is 0 Å². The summed E-state index contributed by atoms with van der Waals surface area (Å²) in [6.07, 6.45) is 3.17. The lowest BCUT2D eigenvalue weighted by atomic mass is 10.1. The molecule has 6 nitrogen and oxygen atoms in total. The zero-order valence-corrected chi connectivity index (χ0v) is 15.7. The summed E-state index contributed by atoms with van der Waals surface area (Å²) < 4.78 is 12.6. The number of anilines is 1. The average molecular weight is 354 g/mol. The molecule has 0 radical (unpaired) electrons. The Morgan fingerprint density at radius 3 is 2.54 bits per heavy atom. The molecule has 1 unspecified atom stereocenters. The van der Waals surface area contributed by atoms with E-state index in [4.69, 9.17) is 14.7 Å². The van der Waals surface area contributed by atoms with Crippen LogP contribution in [0.4, 0.5) is 5.69 Å². The van der Waals surface area contributed by atoms with E-state index in [1.807, 2.05) is 29.9 Å². The van der Waals surface area contributed by atoms with Crippen LogP contribution in [-0.4, -0.2) is 38.4 Å². The van der Waals surface area contributed by atoms with Crippen molar-refractivity contribution in [1.82, 2.24) is 9.88 Å². The number of nitriles is 1. The fourth-order valence-electron chi connectivity index (χ4n) is 3.47. The van der Waals surface area contributed by atoms with E-state index < -0.39 is 0 Å². The number of hydrogen-bond donors (Lipinski definition) is 1. The third-order valence-electron chi connectivity index (χ3n) is 4.93. The van der Waals surface area contributed by atoms with E-state index in [9.17, 15) is 0 Å². The second-order valence-corrected chi connectivity index (χ2v) is 6.76. The van der Waals surface area contributed by atoms with E-state index in [0.29, 0.717) is 11.6 Å². The topological polar surface area (TPSA) is 62.5 Å². The zero-order valence-electron chi connectivity index (χ0n) is 15.7. The number of rotatable bonds is 7. The maximum Gasteiger partial charge on any atom is 0.124 e. The summed E-state index contributed by atoms with van der Waals surface area (Å²) in [5.74, 6) is 2.24. The van der Waals surface area contributed by atoms with E-state index in [2.05, 4.69) is 28.4 Å². The molecule has 1 saturated heterocycles. The van der Waals surface area contributed by atoms with Crippen molar-refractivity contribution in [2.45, 2.75) is 13.0 Å². The van der Waals surface area contributed by atoms with Crippen molar-refractivity contribution in [3.05, 3.63) is 41.7 Å². The van der Waals surface area contributed by atoms with Gasteiger partial charge in [-0.15, -0.1) is 0 Å². The Hall–Kier alpha value is -2.65. The van der Waals surface area contributed by atoms with E-state index in [0.717, 1.165) is 55.3 Å². The summed E-state index contributed by atoms with van der Waals surface area (Å²) in [6.45, 7) is 3.81. The molecule has 0 amide bonds. The predicted octanol–water partition coefficient (Wildman–Crippen LogP) is 2.53. The second kappa shape index (κ2) is 8.15. The van der Waals surface area contributed by atoms with Crippen LogP contribution in [0.15, 0.2) is 30.5 Å². The minimum atomic E-state index is 0.603. The maximum absolute atomic E-state index is 9.03. The van der Waals surface area contributed by atoms with Crippen molar-refractivity contribution in [3.8, 4) is 17.6 Å². The first-order valence-corrected chi connectivity index (χ1v) is 8.87. The van der Waals surface area contributed by atoms with E-state index in [1.54, 1.807) is 14.2 Å². The van der Waals surface area contributed by atoms with Crippen LogP contribution in [0.3, 0.4) is 0 Å². The molecule has 2 heterocycles. The molecule has 138 valence electrons. The van der Waals surface area contributed by atoms with Gasteiger partial charge in [-0.1, -0.05) is 0 Å². The number of aryl methyl sites for hydroxylation is 1. The summed E-state index contributed by atoms with van der Waals surface area (Å²) in [5, 5.41) is 12.6. The second-order valence-electron chi connectivity index (χ2n) is 6.76. The van der Waals surface area contributed by atoms with E-state index in [1.165, 1.54) is 0 Å². The van der Waals surface area contributed by atoms with Crippen molar-refractivity contribution in [3.63, 3.8) is 0 Å². The molecule has 26 heavy (non-hydrogen) atoms. The van der Waals surface area contributed by atoms with Gasteiger partial charge in [0.2, 0.25) is 0 Å². The number of nitrogens with zero attached hydrogens (tertiary/aromatic N) is 3. The van der Waals surface area contributed by atoms with Gasteiger partial charge in [-0.2, -0.15) is 5.26 Å². The normalized spacial score (nSPS) is 16.5. The standard InChI is InChI=1S/C20H26N4O2/c1-23-13-16(6-18(23)10-21)12-22-11-15-4-5-24(14-15)17-7-19(25-2)9-20(8-17)26-3/h6-9,13,15,22H,4-5,11-12,14H2,1-3H3. The minimum absolute atomic E-state index is 0.603. The molecule has 1 aliphatic heterocycles. The van der Waals surface area contributed by atoms with Crippen molar-refractivity contribution < 1.29 is 9.47 Å². The number of nitrogens with one attached hydrogen (secondary N) is 1. The molecular weight excluding hydrogens is 328 g/mol. The summed E-state index contributed by atoms with van der Waals surface area (Å²) in [5.41, 5.74) is 2.99. The van der Waals surface area contributed by atoms with Crippen LogP contribution in [0.1, 0.15) is 17.7 Å². The number of hydrogen-bond acceptors (Lipinski definition) is 5. The van der Waals surface area contributed by atoms with Gasteiger partial charge in [-0.05, 0) is 24.0 Å². The molecule has 3 rings (SSSR count). The molecule has 1 atom stereocenters. The van der Waals surface area contributed by atoms with Gasteiger partial charge in [0.15, 0.2) is 0 Å². The Bertz CT molecular complexity index is 771. The van der Waals surface area contributed by atoms with Crippen molar-refractivity contribution in [2.75, 3.05) is 38.8 Å². The summed E-state index contributed by atoms with van der Waals surface area (Å²) >= 11 is 0. The Balaban J connectivity index is 1.53. The fourth-order valence-corrected chi connectivity index (χ4v) is 3.47. The summed E-state index contributed by atoms with van der Waals surface area (Å²) in [6, 6.07) is 10.2. The molecule has 1 aliphatic rings. The Morgan fingerprint density at radius 2 is 1.92 bits per heavy atom. The van der Waals surface area contributed by atoms with Crippen LogP contribution in [0, 0.1) is 17.2 Å². The van der Waals surface area contributed by atoms with Gasteiger partial charge >= 0.3 is 0 Å². The van der Waals surface area contributed by atoms with Gasteiger partial charge in [0, 0.05) is 63.3 Å². The Labute approximate surface area is 154 Å². The summed E-state index contributed by atoms with van der Waals surface area (Å²) in [7, 11) is 5.26. The lowest BCUT2D eigenvalue weighted by Gasteiger charge is -2.20. The molecule has 1 fully saturated rings. The van der Waals surface area contributed by atoms with Gasteiger partial charge in [0.25, 0.3) is 0 Å². The van der Waals surface area contributed by atoms with Crippen LogP contribution >= 0.6 is 0 Å².